The van der Waals surface area contributed by atoms with E-state index in [-0.39, 0.29) is 23.4 Å². The molecule has 3 aromatic carbocycles. The molecule has 1 fully saturated rings. The van der Waals surface area contributed by atoms with Crippen molar-refractivity contribution in [3.8, 4) is 0 Å². The summed E-state index contributed by atoms with van der Waals surface area (Å²) in [6, 6.07) is 19.2. The van der Waals surface area contributed by atoms with Gasteiger partial charge in [0, 0.05) is 12.6 Å². The van der Waals surface area contributed by atoms with Gasteiger partial charge < -0.3 is 10.2 Å². The fraction of sp³-hybridized carbons (Fsp3) is 0.394. The van der Waals surface area contributed by atoms with E-state index in [0.717, 1.165) is 53.5 Å². The molecule has 0 aromatic heterocycles. The molecule has 2 amide bonds. The molecule has 218 valence electrons. The number of sulfonamides is 1. The van der Waals surface area contributed by atoms with Crippen LogP contribution in [0, 0.1) is 27.7 Å². The summed E-state index contributed by atoms with van der Waals surface area (Å²) in [6.45, 7) is 9.13. The third kappa shape index (κ3) is 7.55. The van der Waals surface area contributed by atoms with Crippen LogP contribution in [0.15, 0.2) is 71.6 Å². The topological polar surface area (TPSA) is 86.8 Å². The van der Waals surface area contributed by atoms with Crippen LogP contribution in [-0.4, -0.2) is 43.8 Å². The fourth-order valence-corrected chi connectivity index (χ4v) is 6.72. The summed E-state index contributed by atoms with van der Waals surface area (Å²) in [6.07, 6.45) is 4.01. The van der Waals surface area contributed by atoms with Gasteiger partial charge in [-0.25, -0.2) is 8.42 Å². The zero-order valence-electron chi connectivity index (χ0n) is 24.7. The van der Waals surface area contributed by atoms with Crippen LogP contribution in [0.5, 0.6) is 0 Å². The highest BCUT2D eigenvalue weighted by Gasteiger charge is 2.33. The maximum Gasteiger partial charge on any atom is 0.264 e. The lowest BCUT2D eigenvalue weighted by Crippen LogP contribution is -2.52. The molecule has 0 bridgehead atoms. The van der Waals surface area contributed by atoms with Crippen molar-refractivity contribution in [2.24, 2.45) is 0 Å². The number of hydrogen-bond acceptors (Lipinski definition) is 4. The second kappa shape index (κ2) is 12.9. The molecule has 0 aliphatic heterocycles. The zero-order chi connectivity index (χ0) is 29.7. The van der Waals surface area contributed by atoms with E-state index in [0.29, 0.717) is 5.69 Å². The van der Waals surface area contributed by atoms with Gasteiger partial charge in [-0.2, -0.15) is 0 Å². The fourth-order valence-electron chi connectivity index (χ4n) is 5.33. The minimum atomic E-state index is -4.09. The van der Waals surface area contributed by atoms with Crippen LogP contribution >= 0.6 is 0 Å². The smallest absolute Gasteiger partial charge is 0.264 e. The van der Waals surface area contributed by atoms with Gasteiger partial charge in [-0.05, 0) is 88.4 Å². The monoisotopic (exact) mass is 575 g/mol. The van der Waals surface area contributed by atoms with Crippen molar-refractivity contribution in [3.63, 3.8) is 0 Å². The van der Waals surface area contributed by atoms with E-state index in [1.54, 1.807) is 43.3 Å². The van der Waals surface area contributed by atoms with E-state index in [1.165, 1.54) is 9.21 Å². The third-order valence-electron chi connectivity index (χ3n) is 7.72. The van der Waals surface area contributed by atoms with Crippen LogP contribution in [0.3, 0.4) is 0 Å². The molecule has 3 aromatic rings. The molecule has 0 saturated heterocycles. The van der Waals surface area contributed by atoms with E-state index in [9.17, 15) is 18.0 Å². The molecule has 0 spiro atoms. The number of benzene rings is 3. The quantitative estimate of drug-likeness (QED) is 0.341. The zero-order valence-corrected chi connectivity index (χ0v) is 25.5. The second-order valence-corrected chi connectivity index (χ2v) is 13.2. The first-order valence-electron chi connectivity index (χ1n) is 14.3. The first kappa shape index (κ1) is 30.3. The van der Waals surface area contributed by atoms with Gasteiger partial charge in [0.1, 0.15) is 12.6 Å². The largest absolute Gasteiger partial charge is 0.352 e. The standard InChI is InChI=1S/C33H41N3O4S/c1-23-10-14-28(15-11-23)21-35(27(5)33(38)34-29-8-6-7-9-29)32(37)22-36(30-19-25(3)18-26(4)20-30)41(39,40)31-16-12-24(2)13-17-31/h10-20,27,29H,6-9,21-22H2,1-5H3,(H,34,38)/t27-/m0/s1. The van der Waals surface area contributed by atoms with Crippen LogP contribution in [0.2, 0.25) is 0 Å². The molecule has 0 unspecified atom stereocenters. The molecule has 1 aliphatic rings. The van der Waals surface area contributed by atoms with Gasteiger partial charge in [-0.3, -0.25) is 13.9 Å². The summed E-state index contributed by atoms with van der Waals surface area (Å²) in [5, 5.41) is 3.11. The Morgan fingerprint density at radius 2 is 1.37 bits per heavy atom. The second-order valence-electron chi connectivity index (χ2n) is 11.3. The van der Waals surface area contributed by atoms with Crippen molar-refractivity contribution >= 4 is 27.5 Å². The molecule has 1 atom stereocenters. The number of nitrogens with zero attached hydrogens (tertiary/aromatic N) is 2. The molecule has 0 radical (unpaired) electrons. The summed E-state index contributed by atoms with van der Waals surface area (Å²) in [4.78, 5) is 29.1. The molecule has 0 heterocycles. The summed E-state index contributed by atoms with van der Waals surface area (Å²) < 4.78 is 29.2. The van der Waals surface area contributed by atoms with Crippen LogP contribution in [0.25, 0.3) is 0 Å². The van der Waals surface area contributed by atoms with Gasteiger partial charge in [0.15, 0.2) is 0 Å². The first-order chi connectivity index (χ1) is 19.4. The highest BCUT2D eigenvalue weighted by atomic mass is 32.2. The molecule has 1 saturated carbocycles. The Morgan fingerprint density at radius 3 is 1.93 bits per heavy atom. The molecular formula is C33H41N3O4S. The van der Waals surface area contributed by atoms with Crippen LogP contribution < -0.4 is 9.62 Å². The van der Waals surface area contributed by atoms with Crippen molar-refractivity contribution in [1.29, 1.82) is 0 Å². The number of rotatable bonds is 10. The predicted octanol–water partition coefficient (Wildman–Crippen LogP) is 5.59. The molecular weight excluding hydrogens is 534 g/mol. The van der Waals surface area contributed by atoms with Crippen molar-refractivity contribution in [2.75, 3.05) is 10.8 Å². The normalized spacial score (nSPS) is 14.5. The summed E-state index contributed by atoms with van der Waals surface area (Å²) >= 11 is 0. The van der Waals surface area contributed by atoms with Crippen LogP contribution in [0.4, 0.5) is 5.69 Å². The van der Waals surface area contributed by atoms with Gasteiger partial charge in [0.2, 0.25) is 11.8 Å². The van der Waals surface area contributed by atoms with Crippen molar-refractivity contribution in [1.82, 2.24) is 10.2 Å². The minimum absolute atomic E-state index is 0.104. The van der Waals surface area contributed by atoms with E-state index in [4.69, 9.17) is 0 Å². The summed E-state index contributed by atoms with van der Waals surface area (Å²) in [7, 11) is -4.09. The van der Waals surface area contributed by atoms with Crippen molar-refractivity contribution in [3.05, 3.63) is 94.5 Å². The highest BCUT2D eigenvalue weighted by Crippen LogP contribution is 2.27. The number of hydrogen-bond donors (Lipinski definition) is 1. The van der Waals surface area contributed by atoms with E-state index in [1.807, 2.05) is 58.0 Å². The van der Waals surface area contributed by atoms with Gasteiger partial charge in [-0.15, -0.1) is 0 Å². The molecule has 4 rings (SSSR count). The Bertz CT molecular complexity index is 1460. The average molecular weight is 576 g/mol. The summed E-state index contributed by atoms with van der Waals surface area (Å²) in [5.74, 6) is -0.675. The number of amides is 2. The van der Waals surface area contributed by atoms with E-state index >= 15 is 0 Å². The van der Waals surface area contributed by atoms with E-state index < -0.39 is 28.5 Å². The predicted molar refractivity (Wildman–Crippen MR) is 163 cm³/mol. The molecule has 1 N–H and O–H groups in total. The number of aryl methyl sites for hydroxylation is 4. The SMILES string of the molecule is Cc1ccc(CN(C(=O)CN(c2cc(C)cc(C)c2)S(=O)(=O)c2ccc(C)cc2)[C@@H](C)C(=O)NC2CCCC2)cc1. The van der Waals surface area contributed by atoms with Gasteiger partial charge in [0.25, 0.3) is 10.0 Å². The van der Waals surface area contributed by atoms with Gasteiger partial charge in [-0.1, -0.05) is 66.4 Å². The number of carbonyl (C=O) groups is 2. The van der Waals surface area contributed by atoms with Crippen LogP contribution in [0.1, 0.15) is 60.4 Å². The van der Waals surface area contributed by atoms with Crippen molar-refractivity contribution in [2.45, 2.75) is 83.8 Å². The first-order valence-corrected chi connectivity index (χ1v) is 15.7. The third-order valence-corrected chi connectivity index (χ3v) is 9.51. The van der Waals surface area contributed by atoms with Crippen molar-refractivity contribution < 1.29 is 18.0 Å². The number of carbonyl (C=O) groups excluding carboxylic acids is 2. The van der Waals surface area contributed by atoms with E-state index in [2.05, 4.69) is 5.32 Å². The molecule has 1 aliphatic carbocycles. The minimum Gasteiger partial charge on any atom is -0.352 e. The van der Waals surface area contributed by atoms with Gasteiger partial charge in [0.05, 0.1) is 10.6 Å². The molecule has 7 nitrogen and oxygen atoms in total. The number of anilines is 1. The molecule has 41 heavy (non-hydrogen) atoms. The Labute approximate surface area is 244 Å². The summed E-state index contributed by atoms with van der Waals surface area (Å²) in [5.41, 5.74) is 5.07. The lowest BCUT2D eigenvalue weighted by Gasteiger charge is -2.32. The maximum absolute atomic E-state index is 14.1. The Balaban J connectivity index is 1.70. The van der Waals surface area contributed by atoms with Gasteiger partial charge >= 0.3 is 0 Å². The number of nitrogens with one attached hydrogen (secondary N) is 1. The average Bonchev–Trinajstić information content (AvgIpc) is 3.43. The Hall–Kier alpha value is -3.65. The molecule has 8 heteroatoms. The lowest BCUT2D eigenvalue weighted by molar-refractivity contribution is -0.139. The lowest BCUT2D eigenvalue weighted by atomic mass is 10.1. The maximum atomic E-state index is 14.1. The van der Waals surface area contributed by atoms with Crippen LogP contribution in [-0.2, 0) is 26.2 Å². The Morgan fingerprint density at radius 1 is 0.829 bits per heavy atom. The highest BCUT2D eigenvalue weighted by molar-refractivity contribution is 7.92. The Kier molecular flexibility index (Phi) is 9.53.